The van der Waals surface area contributed by atoms with Crippen molar-refractivity contribution in [1.82, 2.24) is 29.6 Å². The van der Waals surface area contributed by atoms with Gasteiger partial charge in [-0.3, -0.25) is 19.1 Å². The van der Waals surface area contributed by atoms with Crippen LogP contribution >= 0.6 is 11.6 Å². The van der Waals surface area contributed by atoms with Gasteiger partial charge < -0.3 is 10.2 Å². The summed E-state index contributed by atoms with van der Waals surface area (Å²) >= 11 is 5.98. The van der Waals surface area contributed by atoms with Gasteiger partial charge in [-0.1, -0.05) is 23.7 Å². The Morgan fingerprint density at radius 1 is 1.08 bits per heavy atom. The van der Waals surface area contributed by atoms with Crippen molar-refractivity contribution in [3.8, 4) is 11.1 Å². The fraction of sp³-hybridized carbons (Fsp3) is 0.321. The third-order valence-electron chi connectivity index (χ3n) is 7.59. The minimum absolute atomic E-state index is 0.0139. The van der Waals surface area contributed by atoms with Crippen LogP contribution in [0.25, 0.3) is 22.0 Å². The van der Waals surface area contributed by atoms with Crippen LogP contribution in [0.5, 0.6) is 0 Å². The molecular weight excluding hydrogens is 518 g/mol. The van der Waals surface area contributed by atoms with E-state index in [1.165, 1.54) is 6.92 Å². The Hall–Kier alpha value is -4.18. The number of carbonyl (C=O) groups is 3. The quantitative estimate of drug-likeness (QED) is 0.287. The molecule has 10 nitrogen and oxygen atoms in total. The van der Waals surface area contributed by atoms with Crippen LogP contribution in [0.15, 0.2) is 48.8 Å². The molecule has 4 aromatic rings. The number of carbonyl (C=O) groups excluding carboxylic acids is 3. The Morgan fingerprint density at radius 3 is 2.62 bits per heavy atom. The van der Waals surface area contributed by atoms with E-state index in [1.807, 2.05) is 25.1 Å². The Labute approximate surface area is 229 Å². The van der Waals surface area contributed by atoms with Gasteiger partial charge in [-0.05, 0) is 61.9 Å². The number of pyridine rings is 1. The Morgan fingerprint density at radius 2 is 1.87 bits per heavy atom. The molecule has 0 unspecified atom stereocenters. The molecule has 1 aromatic carbocycles. The number of hydrogen-bond donors (Lipinski definition) is 1. The summed E-state index contributed by atoms with van der Waals surface area (Å²) in [6.45, 7) is 3.18. The summed E-state index contributed by atoms with van der Waals surface area (Å²) in [6.07, 6.45) is 5.99. The maximum absolute atomic E-state index is 13.8. The summed E-state index contributed by atoms with van der Waals surface area (Å²) in [4.78, 5) is 53.9. The maximum Gasteiger partial charge on any atom is 0.248 e. The highest BCUT2D eigenvalue weighted by Gasteiger charge is 2.51. The van der Waals surface area contributed by atoms with E-state index < -0.39 is 6.04 Å². The third-order valence-corrected chi connectivity index (χ3v) is 7.80. The molecule has 2 amide bonds. The molecule has 3 aromatic heterocycles. The first-order valence-corrected chi connectivity index (χ1v) is 13.2. The minimum Gasteiger partial charge on any atom is -0.326 e. The number of ketones is 1. The summed E-state index contributed by atoms with van der Waals surface area (Å²) < 4.78 is 1.56. The summed E-state index contributed by atoms with van der Waals surface area (Å²) in [6, 6.07) is 10.0. The maximum atomic E-state index is 13.8. The topological polar surface area (TPSA) is 123 Å². The number of nitrogens with zero attached hydrogens (tertiary/aromatic N) is 6. The van der Waals surface area contributed by atoms with Crippen molar-refractivity contribution >= 4 is 45.9 Å². The van der Waals surface area contributed by atoms with Crippen molar-refractivity contribution in [1.29, 1.82) is 0 Å². The predicted octanol–water partition coefficient (Wildman–Crippen LogP) is 4.07. The molecule has 6 rings (SSSR count). The first kappa shape index (κ1) is 25.1. The van der Waals surface area contributed by atoms with Gasteiger partial charge in [0.15, 0.2) is 5.78 Å². The highest BCUT2D eigenvalue weighted by Crippen LogP contribution is 2.43. The zero-order chi connectivity index (χ0) is 27.3. The Balaban J connectivity index is 1.31. The van der Waals surface area contributed by atoms with E-state index in [0.717, 1.165) is 30.4 Å². The van der Waals surface area contributed by atoms with Gasteiger partial charge >= 0.3 is 0 Å². The van der Waals surface area contributed by atoms with E-state index in [9.17, 15) is 14.4 Å². The van der Waals surface area contributed by atoms with Crippen molar-refractivity contribution in [3.63, 3.8) is 0 Å². The summed E-state index contributed by atoms with van der Waals surface area (Å²) in [5.41, 5.74) is 2.61. The van der Waals surface area contributed by atoms with E-state index in [1.54, 1.807) is 40.2 Å². The van der Waals surface area contributed by atoms with Gasteiger partial charge in [0, 0.05) is 36.3 Å². The second-order valence-corrected chi connectivity index (χ2v) is 10.5. The van der Waals surface area contributed by atoms with Gasteiger partial charge in [0.05, 0.1) is 5.52 Å². The molecular formula is C28H26ClN7O3. The monoisotopic (exact) mass is 543 g/mol. The van der Waals surface area contributed by atoms with Gasteiger partial charge in [-0.25, -0.2) is 15.0 Å². The zero-order valence-electron chi connectivity index (χ0n) is 21.5. The van der Waals surface area contributed by atoms with Gasteiger partial charge in [0.2, 0.25) is 11.8 Å². The van der Waals surface area contributed by atoms with Crippen molar-refractivity contribution in [2.24, 2.45) is 5.92 Å². The molecule has 4 heterocycles. The molecule has 3 atom stereocenters. The summed E-state index contributed by atoms with van der Waals surface area (Å²) in [5, 5.41) is 8.29. The second-order valence-electron chi connectivity index (χ2n) is 10.1. The molecule has 2 fully saturated rings. The van der Waals surface area contributed by atoms with Crippen LogP contribution in [-0.2, 0) is 16.1 Å². The first-order chi connectivity index (χ1) is 18.8. The number of amides is 2. The molecule has 11 heteroatoms. The number of rotatable bonds is 6. The number of anilines is 1. The molecule has 198 valence electrons. The fourth-order valence-corrected chi connectivity index (χ4v) is 6.01. The van der Waals surface area contributed by atoms with Crippen LogP contribution in [0.4, 0.5) is 5.82 Å². The van der Waals surface area contributed by atoms with Crippen LogP contribution < -0.4 is 5.32 Å². The van der Waals surface area contributed by atoms with Crippen molar-refractivity contribution in [2.45, 2.75) is 51.7 Å². The average molecular weight is 544 g/mol. The fourth-order valence-electron chi connectivity index (χ4n) is 5.85. The number of aromatic nitrogens is 5. The molecule has 39 heavy (non-hydrogen) atoms. The lowest BCUT2D eigenvalue weighted by Gasteiger charge is -2.34. The molecule has 1 saturated heterocycles. The van der Waals surface area contributed by atoms with E-state index in [2.05, 4.69) is 25.4 Å². The Bertz CT molecular complexity index is 1620. The molecule has 0 radical (unpaired) electrons. The predicted molar refractivity (Wildman–Crippen MR) is 145 cm³/mol. The van der Waals surface area contributed by atoms with Crippen LogP contribution in [-0.4, -0.2) is 59.3 Å². The lowest BCUT2D eigenvalue weighted by Crippen LogP contribution is -2.52. The van der Waals surface area contributed by atoms with Crippen LogP contribution in [0, 0.1) is 12.8 Å². The number of Topliss-reactive ketones (excluding diaryl/α,β-unsaturated/α-hetero) is 1. The first-order valence-electron chi connectivity index (χ1n) is 12.8. The number of hydrogen-bond acceptors (Lipinski definition) is 7. The number of nitrogens with one attached hydrogen (secondary N) is 1. The van der Waals surface area contributed by atoms with E-state index in [0.29, 0.717) is 28.2 Å². The van der Waals surface area contributed by atoms with Crippen LogP contribution in [0.2, 0.25) is 5.15 Å². The van der Waals surface area contributed by atoms with E-state index in [-0.39, 0.29) is 41.3 Å². The van der Waals surface area contributed by atoms with Gasteiger partial charge in [0.25, 0.3) is 0 Å². The number of aryl methyl sites for hydroxylation is 1. The Kier molecular flexibility index (Phi) is 6.34. The van der Waals surface area contributed by atoms with E-state index >= 15 is 0 Å². The van der Waals surface area contributed by atoms with Crippen LogP contribution in [0.1, 0.15) is 42.5 Å². The average Bonchev–Trinajstić information content (AvgIpc) is 3.62. The zero-order valence-corrected chi connectivity index (χ0v) is 22.2. The smallest absolute Gasteiger partial charge is 0.248 e. The number of likely N-dealkylation sites (tertiary alicyclic amines) is 1. The van der Waals surface area contributed by atoms with Crippen molar-refractivity contribution in [3.05, 3.63) is 65.5 Å². The molecule has 1 aliphatic carbocycles. The largest absolute Gasteiger partial charge is 0.326 e. The molecule has 1 N–H and O–H groups in total. The van der Waals surface area contributed by atoms with E-state index in [4.69, 9.17) is 11.6 Å². The second kappa shape index (κ2) is 9.85. The SMILES string of the molecule is CC(=O)c1nn(CC(=O)N2[C@@H]3CC[C@@H](C3)[C@H]2C(=O)Nc2cccc(Cl)n2)c2cc(-c3cnc(C)nc3)ccc12. The lowest BCUT2D eigenvalue weighted by molar-refractivity contribution is -0.141. The van der Waals surface area contributed by atoms with Crippen molar-refractivity contribution in [2.75, 3.05) is 5.32 Å². The van der Waals surface area contributed by atoms with Gasteiger partial charge in [-0.2, -0.15) is 5.10 Å². The highest BCUT2D eigenvalue weighted by molar-refractivity contribution is 6.29. The summed E-state index contributed by atoms with van der Waals surface area (Å²) in [5.74, 6) is 0.405. The number of piperidine rings is 1. The number of halogens is 1. The number of fused-ring (bicyclic) bond motifs is 3. The molecule has 1 aliphatic heterocycles. The molecule has 2 bridgehead atoms. The van der Waals surface area contributed by atoms with Crippen LogP contribution in [0.3, 0.4) is 0 Å². The summed E-state index contributed by atoms with van der Waals surface area (Å²) in [7, 11) is 0. The van der Waals surface area contributed by atoms with Crippen molar-refractivity contribution < 1.29 is 14.4 Å². The lowest BCUT2D eigenvalue weighted by atomic mass is 9.97. The highest BCUT2D eigenvalue weighted by atomic mass is 35.5. The molecule has 2 aliphatic rings. The standard InChI is InChI=1S/C28H26ClN7O3/c1-15(37)26-21-9-7-17(19-12-30-16(2)31-13-19)11-22(21)35(34-26)14-25(38)36-20-8-6-18(10-20)27(36)28(39)33-24-5-3-4-23(29)32-24/h3-5,7,9,11-13,18,20,27H,6,8,10,14H2,1-2H3,(H,32,33,39)/t18-,20+,27-/m0/s1. The van der Waals surface area contributed by atoms with Gasteiger partial charge in [0.1, 0.15) is 35.1 Å². The normalized spacial score (nSPS) is 20.0. The minimum atomic E-state index is -0.605. The molecule has 0 spiro atoms. The molecule has 1 saturated carbocycles. The third kappa shape index (κ3) is 4.65. The van der Waals surface area contributed by atoms with Gasteiger partial charge in [-0.15, -0.1) is 0 Å². The number of benzene rings is 1.